The van der Waals surface area contributed by atoms with Gasteiger partial charge in [0.2, 0.25) is 0 Å². The van der Waals surface area contributed by atoms with E-state index in [1.807, 2.05) is 0 Å². The van der Waals surface area contributed by atoms with E-state index in [4.69, 9.17) is 5.11 Å². The number of hydrogen-bond donors (Lipinski definition) is 1. The zero-order chi connectivity index (χ0) is 16.3. The first-order valence-electron chi connectivity index (χ1n) is 7.37. The highest BCUT2D eigenvalue weighted by atomic mass is 16.4. The summed E-state index contributed by atoms with van der Waals surface area (Å²) < 4.78 is 0. The van der Waals surface area contributed by atoms with Crippen LogP contribution in [0.25, 0.3) is 0 Å². The minimum Gasteiger partial charge on any atom is -0.478 e. The molecule has 1 amide bonds. The number of carboxylic acid groups (broad SMARTS) is 1. The van der Waals surface area contributed by atoms with Crippen molar-refractivity contribution in [2.75, 3.05) is 47.3 Å². The fourth-order valence-electron chi connectivity index (χ4n) is 2.53. The molecule has 1 aromatic rings. The molecule has 1 aliphatic heterocycles. The van der Waals surface area contributed by atoms with E-state index >= 15 is 0 Å². The van der Waals surface area contributed by atoms with Crippen molar-refractivity contribution < 1.29 is 14.7 Å². The molecule has 0 unspecified atom stereocenters. The van der Waals surface area contributed by atoms with Crippen LogP contribution in [0.5, 0.6) is 0 Å². The third-order valence-electron chi connectivity index (χ3n) is 3.98. The highest BCUT2D eigenvalue weighted by Gasteiger charge is 2.20. The van der Waals surface area contributed by atoms with Crippen LogP contribution in [0.2, 0.25) is 0 Å². The molecule has 0 saturated carbocycles. The molecular formula is C16H23N3O3. The van der Waals surface area contributed by atoms with Gasteiger partial charge in [0.05, 0.1) is 5.56 Å². The van der Waals surface area contributed by atoms with Crippen molar-refractivity contribution in [3.05, 3.63) is 34.9 Å². The van der Waals surface area contributed by atoms with Crippen LogP contribution < -0.4 is 0 Å². The van der Waals surface area contributed by atoms with Crippen LogP contribution in [-0.4, -0.2) is 79.0 Å². The minimum atomic E-state index is -1.01. The smallest absolute Gasteiger partial charge is 0.335 e. The Morgan fingerprint density at radius 1 is 1.18 bits per heavy atom. The van der Waals surface area contributed by atoms with Gasteiger partial charge in [0, 0.05) is 52.4 Å². The van der Waals surface area contributed by atoms with Crippen LogP contribution in [-0.2, 0) is 6.54 Å². The normalized spacial score (nSPS) is 16.5. The molecule has 1 fully saturated rings. The number of rotatable bonds is 4. The number of carbonyl (C=O) groups is 2. The molecule has 1 aliphatic rings. The van der Waals surface area contributed by atoms with E-state index in [1.165, 1.54) is 11.0 Å². The lowest BCUT2D eigenvalue weighted by Crippen LogP contribution is -2.44. The van der Waals surface area contributed by atoms with Crippen LogP contribution in [0.1, 0.15) is 26.3 Å². The molecule has 0 spiro atoms. The molecule has 120 valence electrons. The molecule has 6 nitrogen and oxygen atoms in total. The van der Waals surface area contributed by atoms with E-state index in [0.29, 0.717) is 12.1 Å². The van der Waals surface area contributed by atoms with E-state index < -0.39 is 5.97 Å². The molecule has 2 rings (SSSR count). The zero-order valence-corrected chi connectivity index (χ0v) is 13.4. The maximum atomic E-state index is 12.3. The summed E-state index contributed by atoms with van der Waals surface area (Å²) in [7, 11) is 5.45. The quantitative estimate of drug-likeness (QED) is 0.893. The Bertz CT molecular complexity index is 564. The molecule has 0 atom stereocenters. The van der Waals surface area contributed by atoms with E-state index in [1.54, 1.807) is 26.2 Å². The van der Waals surface area contributed by atoms with Gasteiger partial charge in [0.15, 0.2) is 0 Å². The fourth-order valence-corrected chi connectivity index (χ4v) is 2.53. The van der Waals surface area contributed by atoms with Gasteiger partial charge >= 0.3 is 5.97 Å². The monoisotopic (exact) mass is 305 g/mol. The number of piperazine rings is 1. The SMILES string of the molecule is CN1CCN(Cc2ccc(C(=O)O)cc2C(=O)N(C)C)CC1. The summed E-state index contributed by atoms with van der Waals surface area (Å²) in [6.45, 7) is 4.58. The Hall–Kier alpha value is -1.92. The van der Waals surface area contributed by atoms with Gasteiger partial charge in [-0.15, -0.1) is 0 Å². The second-order valence-electron chi connectivity index (χ2n) is 5.96. The molecule has 0 radical (unpaired) electrons. The lowest BCUT2D eigenvalue weighted by molar-refractivity contribution is 0.0697. The molecule has 1 N–H and O–H groups in total. The van der Waals surface area contributed by atoms with Crippen molar-refractivity contribution in [1.29, 1.82) is 0 Å². The van der Waals surface area contributed by atoms with E-state index in [-0.39, 0.29) is 11.5 Å². The second kappa shape index (κ2) is 6.89. The third kappa shape index (κ3) is 3.84. The Morgan fingerprint density at radius 2 is 1.82 bits per heavy atom. The Kier molecular flexibility index (Phi) is 5.15. The third-order valence-corrected chi connectivity index (χ3v) is 3.98. The van der Waals surface area contributed by atoms with Crippen LogP contribution in [0.15, 0.2) is 18.2 Å². The number of likely N-dealkylation sites (N-methyl/N-ethyl adjacent to an activating group) is 1. The number of carbonyl (C=O) groups excluding carboxylic acids is 1. The minimum absolute atomic E-state index is 0.146. The Balaban J connectivity index is 2.25. The first-order valence-corrected chi connectivity index (χ1v) is 7.37. The van der Waals surface area contributed by atoms with Crippen molar-refractivity contribution in [1.82, 2.24) is 14.7 Å². The number of amides is 1. The van der Waals surface area contributed by atoms with E-state index in [9.17, 15) is 9.59 Å². The first-order chi connectivity index (χ1) is 10.4. The number of aromatic carboxylic acids is 1. The van der Waals surface area contributed by atoms with Gasteiger partial charge in [-0.3, -0.25) is 9.69 Å². The number of hydrogen-bond acceptors (Lipinski definition) is 4. The topological polar surface area (TPSA) is 64.1 Å². The summed E-state index contributed by atoms with van der Waals surface area (Å²) in [6, 6.07) is 4.81. The fraction of sp³-hybridized carbons (Fsp3) is 0.500. The zero-order valence-electron chi connectivity index (χ0n) is 13.4. The van der Waals surface area contributed by atoms with Gasteiger partial charge in [0.1, 0.15) is 0 Å². The highest BCUT2D eigenvalue weighted by molar-refractivity contribution is 5.98. The standard InChI is InChI=1S/C16H23N3O3/c1-17(2)15(20)14-10-12(16(21)22)4-5-13(14)11-19-8-6-18(3)7-9-19/h4-5,10H,6-9,11H2,1-3H3,(H,21,22). The maximum Gasteiger partial charge on any atom is 0.335 e. The summed E-state index contributed by atoms with van der Waals surface area (Å²) in [5.41, 5.74) is 1.50. The number of nitrogens with zero attached hydrogens (tertiary/aromatic N) is 3. The van der Waals surface area contributed by atoms with Crippen LogP contribution >= 0.6 is 0 Å². The van der Waals surface area contributed by atoms with Crippen LogP contribution in [0.4, 0.5) is 0 Å². The van der Waals surface area contributed by atoms with Gasteiger partial charge in [-0.2, -0.15) is 0 Å². The van der Waals surface area contributed by atoms with Gasteiger partial charge in [-0.25, -0.2) is 4.79 Å². The summed E-state index contributed by atoms with van der Waals surface area (Å²) in [5.74, 6) is -1.17. The van der Waals surface area contributed by atoms with Crippen LogP contribution in [0.3, 0.4) is 0 Å². The van der Waals surface area contributed by atoms with Gasteiger partial charge < -0.3 is 14.9 Å². The lowest BCUT2D eigenvalue weighted by atomic mass is 10.0. The summed E-state index contributed by atoms with van der Waals surface area (Å²) in [4.78, 5) is 29.5. The molecule has 0 bridgehead atoms. The van der Waals surface area contributed by atoms with Crippen molar-refractivity contribution in [3.8, 4) is 0 Å². The van der Waals surface area contributed by atoms with Crippen LogP contribution in [0, 0.1) is 0 Å². The first kappa shape index (κ1) is 16.5. The molecule has 1 aromatic carbocycles. The number of benzene rings is 1. The largest absolute Gasteiger partial charge is 0.478 e. The Labute approximate surface area is 130 Å². The average molecular weight is 305 g/mol. The molecule has 1 heterocycles. The van der Waals surface area contributed by atoms with Crippen molar-refractivity contribution in [3.63, 3.8) is 0 Å². The molecule has 1 saturated heterocycles. The lowest BCUT2D eigenvalue weighted by Gasteiger charge is -2.32. The molecule has 6 heteroatoms. The molecule has 22 heavy (non-hydrogen) atoms. The molecule has 0 aliphatic carbocycles. The summed E-state index contributed by atoms with van der Waals surface area (Å²) in [5, 5.41) is 9.13. The van der Waals surface area contributed by atoms with Crippen molar-refractivity contribution in [2.45, 2.75) is 6.54 Å². The predicted molar refractivity (Wildman–Crippen MR) is 84.2 cm³/mol. The molecular weight excluding hydrogens is 282 g/mol. The summed E-state index contributed by atoms with van der Waals surface area (Å²) in [6.07, 6.45) is 0. The van der Waals surface area contributed by atoms with Gasteiger partial charge in [-0.05, 0) is 24.7 Å². The van der Waals surface area contributed by atoms with E-state index in [2.05, 4.69) is 16.8 Å². The number of carboxylic acids is 1. The molecule has 0 aromatic heterocycles. The summed E-state index contributed by atoms with van der Waals surface area (Å²) >= 11 is 0. The Morgan fingerprint density at radius 3 is 2.36 bits per heavy atom. The van der Waals surface area contributed by atoms with Crippen molar-refractivity contribution in [2.24, 2.45) is 0 Å². The predicted octanol–water partition coefficient (Wildman–Crippen LogP) is 0.834. The average Bonchev–Trinajstić information content (AvgIpc) is 2.49. The van der Waals surface area contributed by atoms with E-state index in [0.717, 1.165) is 31.7 Å². The van der Waals surface area contributed by atoms with Gasteiger partial charge in [0.25, 0.3) is 5.91 Å². The van der Waals surface area contributed by atoms with Gasteiger partial charge in [-0.1, -0.05) is 6.07 Å². The highest BCUT2D eigenvalue weighted by Crippen LogP contribution is 2.17. The second-order valence-corrected chi connectivity index (χ2v) is 5.96. The van der Waals surface area contributed by atoms with Crippen molar-refractivity contribution >= 4 is 11.9 Å². The maximum absolute atomic E-state index is 12.3.